The first-order chi connectivity index (χ1) is 15.7. The molecule has 1 aliphatic heterocycles. The van der Waals surface area contributed by atoms with E-state index in [-0.39, 0.29) is 11.5 Å². The molecule has 0 aliphatic carbocycles. The Bertz CT molecular complexity index is 1330. The van der Waals surface area contributed by atoms with E-state index in [4.69, 9.17) is 4.74 Å². The van der Waals surface area contributed by atoms with E-state index in [1.54, 1.807) is 17.9 Å². The van der Waals surface area contributed by atoms with Crippen LogP contribution < -0.4 is 4.90 Å². The maximum Gasteiger partial charge on any atom is 0.340 e. The smallest absolute Gasteiger partial charge is 0.340 e. The minimum atomic E-state index is -0.531. The molecule has 2 aromatic carbocycles. The van der Waals surface area contributed by atoms with E-state index in [0.29, 0.717) is 17.0 Å². The number of carbonyl (C=O) groups is 2. The number of hydrogen-bond acceptors (Lipinski definition) is 3. The molecule has 0 saturated heterocycles. The van der Waals surface area contributed by atoms with E-state index in [1.807, 2.05) is 44.2 Å². The van der Waals surface area contributed by atoms with Crippen molar-refractivity contribution in [2.45, 2.75) is 27.7 Å². The van der Waals surface area contributed by atoms with Crippen molar-refractivity contribution in [3.05, 3.63) is 98.4 Å². The number of ether oxygens (including phenoxy) is 1. The van der Waals surface area contributed by atoms with Crippen molar-refractivity contribution in [3.8, 4) is 5.69 Å². The van der Waals surface area contributed by atoms with Gasteiger partial charge in [-0.1, -0.05) is 39.7 Å². The summed E-state index contributed by atoms with van der Waals surface area (Å²) in [7, 11) is 1.33. The zero-order chi connectivity index (χ0) is 23.9. The van der Waals surface area contributed by atoms with E-state index in [1.165, 1.54) is 12.7 Å². The monoisotopic (exact) mass is 504 g/mol. The Kier molecular flexibility index (Phi) is 6.13. The SMILES string of the molecule is COC(=O)C1=C(C)N(c2cccc(Br)c2)C(=O)/C1=C\c1cc(C)n(-c2ccc(C)cc2)c1C. The van der Waals surface area contributed by atoms with Gasteiger partial charge in [0.05, 0.1) is 23.9 Å². The van der Waals surface area contributed by atoms with Crippen molar-refractivity contribution in [2.24, 2.45) is 0 Å². The fourth-order valence-corrected chi connectivity index (χ4v) is 4.67. The molecule has 33 heavy (non-hydrogen) atoms. The second kappa shape index (κ2) is 8.87. The number of aryl methyl sites for hydroxylation is 2. The van der Waals surface area contributed by atoms with Gasteiger partial charge in [0.1, 0.15) is 0 Å². The largest absolute Gasteiger partial charge is 0.465 e. The predicted octanol–water partition coefficient (Wildman–Crippen LogP) is 6.04. The first-order valence-corrected chi connectivity index (χ1v) is 11.4. The van der Waals surface area contributed by atoms with Crippen molar-refractivity contribution < 1.29 is 14.3 Å². The summed E-state index contributed by atoms with van der Waals surface area (Å²) < 4.78 is 8.03. The highest BCUT2D eigenvalue weighted by atomic mass is 79.9. The van der Waals surface area contributed by atoms with Crippen LogP contribution in [0.15, 0.2) is 75.9 Å². The van der Waals surface area contributed by atoms with Gasteiger partial charge >= 0.3 is 5.97 Å². The molecule has 0 spiro atoms. The summed E-state index contributed by atoms with van der Waals surface area (Å²) in [5.41, 5.74) is 6.97. The molecule has 4 rings (SSSR count). The van der Waals surface area contributed by atoms with Gasteiger partial charge in [0, 0.05) is 27.2 Å². The molecule has 0 atom stereocenters. The first-order valence-electron chi connectivity index (χ1n) is 10.6. The molecule has 0 unspecified atom stereocenters. The zero-order valence-corrected chi connectivity index (χ0v) is 20.9. The van der Waals surface area contributed by atoms with Gasteiger partial charge in [-0.25, -0.2) is 4.79 Å². The topological polar surface area (TPSA) is 51.5 Å². The number of aromatic nitrogens is 1. The number of methoxy groups -OCH3 is 1. The van der Waals surface area contributed by atoms with Gasteiger partial charge in [-0.2, -0.15) is 0 Å². The van der Waals surface area contributed by atoms with Gasteiger partial charge in [-0.15, -0.1) is 0 Å². The van der Waals surface area contributed by atoms with Gasteiger partial charge in [-0.3, -0.25) is 9.69 Å². The summed E-state index contributed by atoms with van der Waals surface area (Å²) in [4.78, 5) is 27.8. The average molecular weight is 505 g/mol. The summed E-state index contributed by atoms with van der Waals surface area (Å²) >= 11 is 3.46. The summed E-state index contributed by atoms with van der Waals surface area (Å²) in [6.45, 7) is 7.86. The molecule has 1 aliphatic rings. The van der Waals surface area contributed by atoms with Crippen molar-refractivity contribution >= 4 is 39.6 Å². The van der Waals surface area contributed by atoms with Crippen LogP contribution in [0, 0.1) is 20.8 Å². The molecule has 2 heterocycles. The molecule has 1 aromatic heterocycles. The minimum absolute atomic E-state index is 0.258. The number of halogens is 1. The lowest BCUT2D eigenvalue weighted by molar-refractivity contribution is -0.136. The Balaban J connectivity index is 1.85. The normalized spacial score (nSPS) is 15.0. The number of amides is 1. The van der Waals surface area contributed by atoms with E-state index < -0.39 is 5.97 Å². The Morgan fingerprint density at radius 3 is 2.30 bits per heavy atom. The number of esters is 1. The molecule has 0 bridgehead atoms. The van der Waals surface area contributed by atoms with Crippen LogP contribution in [-0.2, 0) is 14.3 Å². The molecule has 0 N–H and O–H groups in total. The minimum Gasteiger partial charge on any atom is -0.465 e. The number of rotatable bonds is 4. The van der Waals surface area contributed by atoms with Crippen LogP contribution in [0.4, 0.5) is 5.69 Å². The fraction of sp³-hybridized carbons (Fsp3) is 0.185. The van der Waals surface area contributed by atoms with Crippen LogP contribution in [0.25, 0.3) is 11.8 Å². The zero-order valence-electron chi connectivity index (χ0n) is 19.3. The molecule has 1 amide bonds. The van der Waals surface area contributed by atoms with Crippen molar-refractivity contribution in [2.75, 3.05) is 12.0 Å². The van der Waals surface area contributed by atoms with Gasteiger partial charge in [0.15, 0.2) is 0 Å². The van der Waals surface area contributed by atoms with Crippen LogP contribution in [0.3, 0.4) is 0 Å². The summed E-state index contributed by atoms with van der Waals surface area (Å²) in [5.74, 6) is -0.789. The van der Waals surface area contributed by atoms with Gasteiger partial charge in [-0.05, 0) is 75.7 Å². The fourth-order valence-electron chi connectivity index (χ4n) is 4.29. The summed E-state index contributed by atoms with van der Waals surface area (Å²) in [6.07, 6.45) is 1.79. The van der Waals surface area contributed by atoms with E-state index in [9.17, 15) is 9.59 Å². The highest BCUT2D eigenvalue weighted by Crippen LogP contribution is 2.37. The summed E-state index contributed by atoms with van der Waals surface area (Å²) in [6, 6.07) is 17.8. The number of carbonyl (C=O) groups excluding carboxylic acids is 2. The number of hydrogen-bond donors (Lipinski definition) is 0. The third-order valence-corrected chi connectivity index (χ3v) is 6.41. The second-order valence-electron chi connectivity index (χ2n) is 8.13. The molecule has 3 aromatic rings. The van der Waals surface area contributed by atoms with Crippen LogP contribution in [-0.4, -0.2) is 23.6 Å². The third-order valence-electron chi connectivity index (χ3n) is 5.92. The maximum absolute atomic E-state index is 13.6. The average Bonchev–Trinajstić information content (AvgIpc) is 3.20. The third kappa shape index (κ3) is 4.07. The lowest BCUT2D eigenvalue weighted by Crippen LogP contribution is -2.24. The van der Waals surface area contributed by atoms with Crippen LogP contribution >= 0.6 is 15.9 Å². The standard InChI is InChI=1S/C27H25BrN2O3/c1-16-9-11-22(12-10-16)29-17(2)13-20(18(29)3)14-24-25(27(32)33-5)19(4)30(26(24)31)23-8-6-7-21(28)15-23/h6-15H,1-5H3/b24-14-. The molecule has 168 valence electrons. The molecular weight excluding hydrogens is 480 g/mol. The van der Waals surface area contributed by atoms with Crippen LogP contribution in [0.2, 0.25) is 0 Å². The van der Waals surface area contributed by atoms with Crippen LogP contribution in [0.5, 0.6) is 0 Å². The Hall–Kier alpha value is -3.38. The van der Waals surface area contributed by atoms with Crippen LogP contribution in [0.1, 0.15) is 29.4 Å². The van der Waals surface area contributed by atoms with Crippen molar-refractivity contribution in [1.82, 2.24) is 4.57 Å². The molecule has 6 heteroatoms. The van der Waals surface area contributed by atoms with Gasteiger partial charge in [0.25, 0.3) is 5.91 Å². The van der Waals surface area contributed by atoms with E-state index in [2.05, 4.69) is 51.7 Å². The second-order valence-corrected chi connectivity index (χ2v) is 9.04. The Morgan fingerprint density at radius 2 is 1.67 bits per heavy atom. The molecular formula is C27H25BrN2O3. The van der Waals surface area contributed by atoms with E-state index >= 15 is 0 Å². The Labute approximate surface area is 202 Å². The molecule has 0 saturated carbocycles. The Morgan fingerprint density at radius 1 is 0.970 bits per heavy atom. The summed E-state index contributed by atoms with van der Waals surface area (Å²) in [5, 5.41) is 0. The maximum atomic E-state index is 13.6. The molecule has 0 fully saturated rings. The highest BCUT2D eigenvalue weighted by molar-refractivity contribution is 9.10. The predicted molar refractivity (Wildman–Crippen MR) is 134 cm³/mol. The van der Waals surface area contributed by atoms with E-state index in [0.717, 1.165) is 27.1 Å². The highest BCUT2D eigenvalue weighted by Gasteiger charge is 2.38. The molecule has 0 radical (unpaired) electrons. The number of anilines is 1. The lowest BCUT2D eigenvalue weighted by Gasteiger charge is -2.18. The quantitative estimate of drug-likeness (QED) is 0.321. The first kappa shape index (κ1) is 22.8. The lowest BCUT2D eigenvalue weighted by atomic mass is 10.0. The van der Waals surface area contributed by atoms with Gasteiger partial charge in [0.2, 0.25) is 0 Å². The van der Waals surface area contributed by atoms with Crippen molar-refractivity contribution in [1.29, 1.82) is 0 Å². The van der Waals surface area contributed by atoms with Gasteiger partial charge < -0.3 is 9.30 Å². The number of allylic oxidation sites excluding steroid dienone is 1. The number of nitrogens with zero attached hydrogens (tertiary/aromatic N) is 2. The number of benzene rings is 2. The molecule has 5 nitrogen and oxygen atoms in total. The van der Waals surface area contributed by atoms with Crippen molar-refractivity contribution in [3.63, 3.8) is 0 Å².